The first-order chi connectivity index (χ1) is 16.3. The van der Waals surface area contributed by atoms with Crippen LogP contribution in [0.3, 0.4) is 0 Å². The number of aromatic nitrogens is 1. The first kappa shape index (κ1) is 20.8. The number of para-hydroxylation sites is 1. The molecule has 6 heteroatoms. The van der Waals surface area contributed by atoms with Gasteiger partial charge in [0.1, 0.15) is 18.9 Å². The average molecular weight is 436 g/mol. The molecule has 0 saturated carbocycles. The molecule has 0 bridgehead atoms. The molecule has 1 radical (unpaired) electrons. The van der Waals surface area contributed by atoms with Gasteiger partial charge in [0.15, 0.2) is 5.22 Å². The summed E-state index contributed by atoms with van der Waals surface area (Å²) in [5.74, 6) is 1.67. The third kappa shape index (κ3) is 4.90. The smallest absolute Gasteiger partial charge is 0.294 e. The summed E-state index contributed by atoms with van der Waals surface area (Å²) in [6, 6.07) is 29.0. The van der Waals surface area contributed by atoms with Crippen molar-refractivity contribution in [2.24, 2.45) is 10.3 Å². The van der Waals surface area contributed by atoms with Gasteiger partial charge in [0.05, 0.1) is 11.2 Å². The molecule has 2 heterocycles. The Morgan fingerprint density at radius 1 is 0.848 bits per heavy atom. The second-order valence-electron chi connectivity index (χ2n) is 7.95. The number of hydrogen-bond acceptors (Lipinski definition) is 6. The summed E-state index contributed by atoms with van der Waals surface area (Å²) in [6.07, 6.45) is 1.89. The van der Waals surface area contributed by atoms with E-state index in [0.29, 0.717) is 6.61 Å². The molecule has 3 aromatic carbocycles. The van der Waals surface area contributed by atoms with E-state index in [1.54, 1.807) is 5.01 Å². The number of ether oxygens (including phenoxy) is 1. The van der Waals surface area contributed by atoms with E-state index >= 15 is 0 Å². The Bertz CT molecular complexity index is 1310. The van der Waals surface area contributed by atoms with Crippen LogP contribution in [0.2, 0.25) is 0 Å². The highest BCUT2D eigenvalue weighted by atomic mass is 16.5. The molecule has 0 amide bonds. The van der Waals surface area contributed by atoms with Gasteiger partial charge in [0, 0.05) is 16.1 Å². The van der Waals surface area contributed by atoms with Crippen molar-refractivity contribution in [2.45, 2.75) is 26.4 Å². The number of benzene rings is 3. The number of hydrogen-bond donors (Lipinski definition) is 0. The molecular formula is C27H25N5O+. The average Bonchev–Trinajstić information content (AvgIpc) is 3.36. The second-order valence-corrected chi connectivity index (χ2v) is 7.95. The van der Waals surface area contributed by atoms with Gasteiger partial charge in [0.2, 0.25) is 5.22 Å². The summed E-state index contributed by atoms with van der Waals surface area (Å²) >= 11 is 0. The van der Waals surface area contributed by atoms with Gasteiger partial charge in [-0.25, -0.2) is 4.98 Å². The van der Waals surface area contributed by atoms with Gasteiger partial charge in [-0.15, -0.1) is 5.01 Å². The zero-order valence-electron chi connectivity index (χ0n) is 18.6. The molecule has 33 heavy (non-hydrogen) atoms. The zero-order valence-corrected chi connectivity index (χ0v) is 18.6. The van der Waals surface area contributed by atoms with Gasteiger partial charge in [0.25, 0.3) is 5.84 Å². The fraction of sp³-hybridized carbons (Fsp3) is 0.185. The largest absolute Gasteiger partial charge is 0.487 e. The van der Waals surface area contributed by atoms with Crippen molar-refractivity contribution in [3.63, 3.8) is 0 Å². The predicted molar refractivity (Wildman–Crippen MR) is 130 cm³/mol. The van der Waals surface area contributed by atoms with Gasteiger partial charge in [-0.1, -0.05) is 48.5 Å². The molecule has 0 fully saturated rings. The quantitative estimate of drug-likeness (QED) is 0.377. The topological polar surface area (TPSA) is 64.2 Å². The zero-order chi connectivity index (χ0) is 22.5. The van der Waals surface area contributed by atoms with E-state index in [-0.39, 0.29) is 0 Å². The highest BCUT2D eigenvalue weighted by molar-refractivity contribution is 5.98. The maximum absolute atomic E-state index is 6.03. The van der Waals surface area contributed by atoms with E-state index in [0.717, 1.165) is 53.1 Å². The van der Waals surface area contributed by atoms with Crippen LogP contribution in [-0.4, -0.2) is 22.4 Å². The Balaban J connectivity index is 1.18. The standard InChI is InChI=1S/C27H25N5O/c1-2-32-27(29-30-31-32)23-14-12-20(13-15-23)10-11-21-6-5-8-25(18-21)33-19-24-17-16-22-7-3-4-9-26(22)28-24/h3-9,12-18H,2,10-11,19H2,1H3/q+1. The fourth-order valence-corrected chi connectivity index (χ4v) is 3.87. The number of rotatable bonds is 8. The molecule has 1 aromatic heterocycles. The molecule has 0 unspecified atom stereocenters. The molecule has 0 N–H and O–H groups in total. The minimum Gasteiger partial charge on any atom is -0.487 e. The van der Waals surface area contributed by atoms with Crippen LogP contribution in [0.4, 0.5) is 0 Å². The molecule has 0 aliphatic carbocycles. The van der Waals surface area contributed by atoms with Crippen molar-refractivity contribution < 1.29 is 4.74 Å². The van der Waals surface area contributed by atoms with Crippen LogP contribution < -0.4 is 9.96 Å². The molecule has 0 spiro atoms. The lowest BCUT2D eigenvalue weighted by Crippen LogP contribution is -2.23. The maximum Gasteiger partial charge on any atom is 0.294 e. The molecule has 6 nitrogen and oxygen atoms in total. The number of amidine groups is 1. The van der Waals surface area contributed by atoms with E-state index in [2.05, 4.69) is 69.1 Å². The fourth-order valence-electron chi connectivity index (χ4n) is 3.87. The van der Waals surface area contributed by atoms with Crippen molar-refractivity contribution in [1.29, 1.82) is 0 Å². The highest BCUT2D eigenvalue weighted by Gasteiger charge is 2.26. The van der Waals surface area contributed by atoms with Crippen molar-refractivity contribution >= 4 is 16.7 Å². The van der Waals surface area contributed by atoms with Crippen LogP contribution >= 0.6 is 0 Å². The first-order valence-electron chi connectivity index (χ1n) is 11.2. The minimum atomic E-state index is 0.451. The van der Waals surface area contributed by atoms with Crippen molar-refractivity contribution in [2.75, 3.05) is 6.54 Å². The molecule has 0 atom stereocenters. The number of pyridine rings is 1. The Morgan fingerprint density at radius 2 is 1.70 bits per heavy atom. The monoisotopic (exact) mass is 435 g/mol. The second kappa shape index (κ2) is 9.61. The van der Waals surface area contributed by atoms with Gasteiger partial charge < -0.3 is 4.74 Å². The summed E-state index contributed by atoms with van der Waals surface area (Å²) in [4.78, 5) is 4.69. The Morgan fingerprint density at radius 3 is 2.58 bits per heavy atom. The van der Waals surface area contributed by atoms with Crippen molar-refractivity contribution in [3.8, 4) is 5.75 Å². The van der Waals surface area contributed by atoms with E-state index in [1.165, 1.54) is 11.1 Å². The summed E-state index contributed by atoms with van der Waals surface area (Å²) in [5, 5.41) is 14.8. The van der Waals surface area contributed by atoms with Crippen molar-refractivity contribution in [1.82, 2.24) is 15.2 Å². The molecular weight excluding hydrogens is 410 g/mol. The molecule has 1 aliphatic heterocycles. The van der Waals surface area contributed by atoms with Gasteiger partial charge in [-0.3, -0.25) is 0 Å². The lowest BCUT2D eigenvalue weighted by Gasteiger charge is -2.09. The summed E-state index contributed by atoms with van der Waals surface area (Å²) in [7, 11) is 0. The summed E-state index contributed by atoms with van der Waals surface area (Å²) in [5.41, 5.74) is 5.47. The maximum atomic E-state index is 6.03. The molecule has 1 aliphatic rings. The van der Waals surface area contributed by atoms with Gasteiger partial charge in [-0.2, -0.15) is 0 Å². The molecule has 0 saturated heterocycles. The number of nitrogens with zero attached hydrogens (tertiary/aromatic N) is 5. The Labute approximate surface area is 193 Å². The third-order valence-corrected chi connectivity index (χ3v) is 5.69. The highest BCUT2D eigenvalue weighted by Crippen LogP contribution is 2.19. The van der Waals surface area contributed by atoms with E-state index in [4.69, 9.17) is 4.74 Å². The lowest BCUT2D eigenvalue weighted by atomic mass is 10.0. The normalized spacial score (nSPS) is 12.9. The third-order valence-electron chi connectivity index (χ3n) is 5.69. The van der Waals surface area contributed by atoms with Gasteiger partial charge >= 0.3 is 0 Å². The van der Waals surface area contributed by atoms with Crippen LogP contribution in [0.1, 0.15) is 29.3 Å². The predicted octanol–water partition coefficient (Wildman–Crippen LogP) is 5.30. The van der Waals surface area contributed by atoms with Crippen LogP contribution in [0.15, 0.2) is 95.3 Å². The number of aryl methyl sites for hydroxylation is 2. The Kier molecular flexibility index (Phi) is 6.06. The minimum absolute atomic E-state index is 0.451. The summed E-state index contributed by atoms with van der Waals surface area (Å²) in [6.45, 7) is 3.23. The SMILES string of the molecule is CCN1N=[N+]N=C1c1ccc(CCc2cccc(OCc3ccc4ccccc4n3)c2)cc1. The first-order valence-corrected chi connectivity index (χ1v) is 11.2. The van der Waals surface area contributed by atoms with E-state index in [1.807, 2.05) is 43.3 Å². The van der Waals surface area contributed by atoms with E-state index in [9.17, 15) is 0 Å². The Hall–Kier alpha value is -4.06. The summed E-state index contributed by atoms with van der Waals surface area (Å²) < 4.78 is 6.03. The molecule has 163 valence electrons. The lowest BCUT2D eigenvalue weighted by molar-refractivity contribution is 0.301. The van der Waals surface area contributed by atoms with Crippen LogP contribution in [0.25, 0.3) is 10.9 Å². The van der Waals surface area contributed by atoms with Gasteiger partial charge in [-0.05, 0) is 67.3 Å². The van der Waals surface area contributed by atoms with Crippen LogP contribution in [0, 0.1) is 0 Å². The number of fused-ring (bicyclic) bond motifs is 1. The van der Waals surface area contributed by atoms with E-state index < -0.39 is 0 Å². The van der Waals surface area contributed by atoms with Crippen LogP contribution in [0.5, 0.6) is 5.75 Å². The van der Waals surface area contributed by atoms with Crippen molar-refractivity contribution in [3.05, 3.63) is 107 Å². The van der Waals surface area contributed by atoms with Crippen LogP contribution in [-0.2, 0) is 19.4 Å². The molecule has 4 aromatic rings. The molecule has 5 rings (SSSR count).